The Morgan fingerprint density at radius 1 is 1.11 bits per heavy atom. The van der Waals surface area contributed by atoms with Crippen molar-refractivity contribution in [2.75, 3.05) is 5.32 Å². The van der Waals surface area contributed by atoms with Gasteiger partial charge in [0.25, 0.3) is 0 Å². The minimum atomic E-state index is 0.165. The third-order valence-corrected chi connectivity index (χ3v) is 2.77. The first-order valence-corrected chi connectivity index (χ1v) is 6.76. The lowest BCUT2D eigenvalue weighted by Crippen LogP contribution is -2.08. The van der Waals surface area contributed by atoms with Gasteiger partial charge >= 0.3 is 0 Å². The average Bonchev–Trinajstić information content (AvgIpc) is 2.85. The summed E-state index contributed by atoms with van der Waals surface area (Å²) in [4.78, 5) is 0. The van der Waals surface area contributed by atoms with Crippen LogP contribution in [0.5, 0.6) is 5.75 Å². The molecular formula is C16H21NO2. The van der Waals surface area contributed by atoms with Crippen molar-refractivity contribution in [2.45, 2.75) is 39.8 Å². The molecule has 0 unspecified atom stereocenters. The molecule has 3 heteroatoms. The molecule has 2 aromatic rings. The van der Waals surface area contributed by atoms with Gasteiger partial charge in [-0.25, -0.2) is 0 Å². The fraction of sp³-hybridized carbons (Fsp3) is 0.375. The van der Waals surface area contributed by atoms with Crippen molar-refractivity contribution in [3.63, 3.8) is 0 Å². The molecule has 0 atom stereocenters. The van der Waals surface area contributed by atoms with Gasteiger partial charge in [0.1, 0.15) is 17.3 Å². The van der Waals surface area contributed by atoms with Crippen molar-refractivity contribution in [3.8, 4) is 5.75 Å². The molecule has 0 radical (unpaired) electrons. The molecule has 1 aromatic heterocycles. The molecule has 0 saturated heterocycles. The Hall–Kier alpha value is -1.90. The summed E-state index contributed by atoms with van der Waals surface area (Å²) in [6, 6.07) is 12.0. The van der Waals surface area contributed by atoms with Gasteiger partial charge < -0.3 is 14.5 Å². The summed E-state index contributed by atoms with van der Waals surface area (Å²) in [5.41, 5.74) is 0.991. The van der Waals surface area contributed by atoms with E-state index in [1.54, 1.807) is 0 Å². The lowest BCUT2D eigenvalue weighted by atomic mass is 10.3. The van der Waals surface area contributed by atoms with Gasteiger partial charge in [0, 0.05) is 6.42 Å². The van der Waals surface area contributed by atoms with Crippen molar-refractivity contribution in [1.29, 1.82) is 0 Å². The van der Waals surface area contributed by atoms with Crippen molar-refractivity contribution < 1.29 is 9.15 Å². The topological polar surface area (TPSA) is 34.4 Å². The number of rotatable bonds is 6. The maximum Gasteiger partial charge on any atom is 0.142 e. The Balaban J connectivity index is 2.02. The number of nitrogens with one attached hydrogen (secondary N) is 1. The minimum absolute atomic E-state index is 0.165. The first kappa shape index (κ1) is 13.5. The van der Waals surface area contributed by atoms with E-state index in [1.807, 2.05) is 50.2 Å². The van der Waals surface area contributed by atoms with Gasteiger partial charge in [-0.3, -0.25) is 0 Å². The van der Waals surface area contributed by atoms with E-state index in [0.29, 0.717) is 6.54 Å². The summed E-state index contributed by atoms with van der Waals surface area (Å²) in [5.74, 6) is 2.83. The zero-order valence-electron chi connectivity index (χ0n) is 11.8. The van der Waals surface area contributed by atoms with Crippen LogP contribution in [0.4, 0.5) is 5.69 Å². The Morgan fingerprint density at radius 3 is 2.53 bits per heavy atom. The third-order valence-electron chi connectivity index (χ3n) is 2.77. The predicted molar refractivity (Wildman–Crippen MR) is 77.6 cm³/mol. The largest absolute Gasteiger partial charge is 0.489 e. The summed E-state index contributed by atoms with van der Waals surface area (Å²) in [7, 11) is 0. The van der Waals surface area contributed by atoms with E-state index < -0.39 is 0 Å². The second kappa shape index (κ2) is 6.32. The molecule has 1 aromatic carbocycles. The summed E-state index contributed by atoms with van der Waals surface area (Å²) in [5, 5.41) is 3.35. The van der Waals surface area contributed by atoms with Crippen LogP contribution in [0, 0.1) is 0 Å². The number of aryl methyl sites for hydroxylation is 1. The lowest BCUT2D eigenvalue weighted by Gasteiger charge is -2.14. The molecule has 102 valence electrons. The van der Waals surface area contributed by atoms with Crippen LogP contribution < -0.4 is 10.1 Å². The second-order valence-corrected chi connectivity index (χ2v) is 4.74. The second-order valence-electron chi connectivity index (χ2n) is 4.74. The van der Waals surface area contributed by atoms with Gasteiger partial charge in [-0.15, -0.1) is 0 Å². The van der Waals surface area contributed by atoms with Crippen LogP contribution in [0.25, 0.3) is 0 Å². The molecule has 0 aliphatic rings. The quantitative estimate of drug-likeness (QED) is 0.842. The van der Waals surface area contributed by atoms with Gasteiger partial charge in [-0.1, -0.05) is 19.1 Å². The van der Waals surface area contributed by atoms with Crippen LogP contribution in [0.3, 0.4) is 0 Å². The maximum atomic E-state index is 5.77. The Bertz CT molecular complexity index is 517. The summed E-state index contributed by atoms with van der Waals surface area (Å²) in [6.07, 6.45) is 1.09. The highest BCUT2D eigenvalue weighted by Gasteiger charge is 2.06. The first-order valence-electron chi connectivity index (χ1n) is 6.76. The van der Waals surface area contributed by atoms with Crippen molar-refractivity contribution in [3.05, 3.63) is 47.9 Å². The minimum Gasteiger partial charge on any atom is -0.489 e. The van der Waals surface area contributed by atoms with E-state index in [-0.39, 0.29) is 6.10 Å². The molecular weight excluding hydrogens is 238 g/mol. The standard InChI is InChI=1S/C16H21NO2/c1-4-13-9-10-14(19-13)11-17-15-7-5-6-8-16(15)18-12(2)3/h5-10,12,17H,4,11H2,1-3H3. The number of furan rings is 1. The van der Waals surface area contributed by atoms with E-state index in [0.717, 1.165) is 29.4 Å². The van der Waals surface area contributed by atoms with Crippen LogP contribution in [0.15, 0.2) is 40.8 Å². The Kier molecular flexibility index (Phi) is 4.50. The van der Waals surface area contributed by atoms with Gasteiger partial charge in [0.2, 0.25) is 0 Å². The van der Waals surface area contributed by atoms with E-state index in [9.17, 15) is 0 Å². The molecule has 1 heterocycles. The molecule has 0 fully saturated rings. The lowest BCUT2D eigenvalue weighted by molar-refractivity contribution is 0.243. The van der Waals surface area contributed by atoms with E-state index in [2.05, 4.69) is 12.2 Å². The third kappa shape index (κ3) is 3.78. The van der Waals surface area contributed by atoms with Crippen LogP contribution in [0.1, 0.15) is 32.3 Å². The molecule has 19 heavy (non-hydrogen) atoms. The van der Waals surface area contributed by atoms with Crippen LogP contribution in [-0.4, -0.2) is 6.10 Å². The highest BCUT2D eigenvalue weighted by molar-refractivity contribution is 5.56. The molecule has 0 bridgehead atoms. The molecule has 0 spiro atoms. The zero-order chi connectivity index (χ0) is 13.7. The number of benzene rings is 1. The zero-order valence-corrected chi connectivity index (χ0v) is 11.8. The Morgan fingerprint density at radius 2 is 1.84 bits per heavy atom. The van der Waals surface area contributed by atoms with Gasteiger partial charge in [-0.2, -0.15) is 0 Å². The molecule has 0 aliphatic heterocycles. The number of anilines is 1. The molecule has 0 amide bonds. The summed E-state index contributed by atoms with van der Waals surface area (Å²) >= 11 is 0. The summed E-state index contributed by atoms with van der Waals surface area (Å²) < 4.78 is 11.4. The summed E-state index contributed by atoms with van der Waals surface area (Å²) in [6.45, 7) is 6.80. The van der Waals surface area contributed by atoms with Crippen LogP contribution >= 0.6 is 0 Å². The van der Waals surface area contributed by atoms with E-state index in [1.165, 1.54) is 0 Å². The van der Waals surface area contributed by atoms with Gasteiger partial charge in [0.15, 0.2) is 0 Å². The van der Waals surface area contributed by atoms with Crippen molar-refractivity contribution in [1.82, 2.24) is 0 Å². The van der Waals surface area contributed by atoms with E-state index >= 15 is 0 Å². The van der Waals surface area contributed by atoms with E-state index in [4.69, 9.17) is 9.15 Å². The first-order chi connectivity index (χ1) is 9.19. The molecule has 1 N–H and O–H groups in total. The van der Waals surface area contributed by atoms with Gasteiger partial charge in [-0.05, 0) is 38.1 Å². The average molecular weight is 259 g/mol. The monoisotopic (exact) mass is 259 g/mol. The van der Waals surface area contributed by atoms with Crippen molar-refractivity contribution >= 4 is 5.69 Å². The highest BCUT2D eigenvalue weighted by Crippen LogP contribution is 2.25. The SMILES string of the molecule is CCc1ccc(CNc2ccccc2OC(C)C)o1. The fourth-order valence-electron chi connectivity index (χ4n) is 1.86. The Labute approximate surface area is 114 Å². The van der Waals surface area contributed by atoms with Crippen LogP contribution in [-0.2, 0) is 13.0 Å². The smallest absolute Gasteiger partial charge is 0.142 e. The fourth-order valence-corrected chi connectivity index (χ4v) is 1.86. The van der Waals surface area contributed by atoms with Crippen molar-refractivity contribution in [2.24, 2.45) is 0 Å². The molecule has 0 saturated carbocycles. The van der Waals surface area contributed by atoms with Gasteiger partial charge in [0.05, 0.1) is 18.3 Å². The number of ether oxygens (including phenoxy) is 1. The number of hydrogen-bond acceptors (Lipinski definition) is 3. The molecule has 2 rings (SSSR count). The normalized spacial score (nSPS) is 10.7. The maximum absolute atomic E-state index is 5.77. The highest BCUT2D eigenvalue weighted by atomic mass is 16.5. The van der Waals surface area contributed by atoms with Crippen LogP contribution in [0.2, 0.25) is 0 Å². The number of hydrogen-bond donors (Lipinski definition) is 1. The molecule has 0 aliphatic carbocycles. The predicted octanol–water partition coefficient (Wildman–Crippen LogP) is 4.24. The number of para-hydroxylation sites is 2. The molecule has 3 nitrogen and oxygen atoms in total.